The van der Waals surface area contributed by atoms with Gasteiger partial charge < -0.3 is 10.6 Å². The molecule has 0 radical (unpaired) electrons. The average molecular weight is 427 g/mol. The van der Waals surface area contributed by atoms with Crippen molar-refractivity contribution in [3.05, 3.63) is 82.2 Å². The number of anilines is 2. The molecule has 0 saturated carbocycles. The van der Waals surface area contributed by atoms with Crippen molar-refractivity contribution in [2.45, 2.75) is 5.03 Å². The van der Waals surface area contributed by atoms with Crippen LogP contribution in [0.2, 0.25) is 0 Å². The number of nitrogens with one attached hydrogen (secondary N) is 2. The zero-order valence-corrected chi connectivity index (χ0v) is 16.1. The van der Waals surface area contributed by atoms with Crippen LogP contribution in [0, 0.1) is 15.9 Å². The maximum absolute atomic E-state index is 13.6. The summed E-state index contributed by atoms with van der Waals surface area (Å²) in [7, 11) is 0. The van der Waals surface area contributed by atoms with Crippen LogP contribution in [0.25, 0.3) is 0 Å². The van der Waals surface area contributed by atoms with Crippen molar-refractivity contribution in [1.29, 1.82) is 0 Å². The highest BCUT2D eigenvalue weighted by molar-refractivity contribution is 7.99. The Morgan fingerprint density at radius 2 is 1.73 bits per heavy atom. The third kappa shape index (κ3) is 5.35. The van der Waals surface area contributed by atoms with E-state index < -0.39 is 22.6 Å². The molecule has 11 heteroatoms. The normalized spacial score (nSPS) is 10.3. The number of aromatic nitrogens is 2. The van der Waals surface area contributed by atoms with Crippen LogP contribution < -0.4 is 10.6 Å². The molecule has 9 nitrogen and oxygen atoms in total. The number of carbonyl (C=O) groups is 2. The van der Waals surface area contributed by atoms with Gasteiger partial charge in [0.15, 0.2) is 5.82 Å². The molecule has 0 aliphatic carbocycles. The van der Waals surface area contributed by atoms with E-state index in [4.69, 9.17) is 0 Å². The highest BCUT2D eigenvalue weighted by Gasteiger charge is 2.15. The fraction of sp³-hybridized carbons (Fsp3) is 0.0526. The number of amides is 2. The number of halogens is 1. The highest BCUT2D eigenvalue weighted by Crippen LogP contribution is 2.24. The van der Waals surface area contributed by atoms with Gasteiger partial charge in [0.25, 0.3) is 11.6 Å². The summed E-state index contributed by atoms with van der Waals surface area (Å²) in [5.74, 6) is -1.70. The number of para-hydroxylation sites is 2. The lowest BCUT2D eigenvalue weighted by molar-refractivity contribution is -0.383. The maximum atomic E-state index is 13.6. The number of nitrogens with zero attached hydrogens (tertiary/aromatic N) is 3. The maximum Gasteiger partial charge on any atom is 0.292 e. The summed E-state index contributed by atoms with van der Waals surface area (Å²) in [6.45, 7) is 0. The van der Waals surface area contributed by atoms with Gasteiger partial charge >= 0.3 is 0 Å². The van der Waals surface area contributed by atoms with Crippen molar-refractivity contribution in [2.75, 3.05) is 16.4 Å². The Morgan fingerprint density at radius 1 is 1.00 bits per heavy atom. The third-order valence-electron chi connectivity index (χ3n) is 3.73. The first-order valence-electron chi connectivity index (χ1n) is 8.49. The molecule has 0 fully saturated rings. The molecule has 1 heterocycles. The molecule has 152 valence electrons. The van der Waals surface area contributed by atoms with E-state index in [0.29, 0.717) is 5.03 Å². The van der Waals surface area contributed by atoms with Crippen molar-refractivity contribution in [2.24, 2.45) is 0 Å². The summed E-state index contributed by atoms with van der Waals surface area (Å²) in [6.07, 6.45) is 0. The van der Waals surface area contributed by atoms with E-state index in [0.717, 1.165) is 11.8 Å². The van der Waals surface area contributed by atoms with Gasteiger partial charge in [-0.05, 0) is 30.3 Å². The lowest BCUT2D eigenvalue weighted by atomic mass is 10.2. The van der Waals surface area contributed by atoms with Gasteiger partial charge in [-0.3, -0.25) is 19.7 Å². The van der Waals surface area contributed by atoms with E-state index in [9.17, 15) is 24.1 Å². The standard InChI is InChI=1S/C19H14FN5O4S/c20-13-6-2-1-5-12(13)19(27)22-16-9-10-18(24-23-16)30-11-17(26)21-14-7-3-4-8-15(14)25(28)29/h1-10H,11H2,(H,21,26)(H,22,23,27). The van der Waals surface area contributed by atoms with Gasteiger partial charge in [-0.2, -0.15) is 0 Å². The number of thioether (sulfide) groups is 1. The Hall–Kier alpha value is -3.86. The van der Waals surface area contributed by atoms with Crippen molar-refractivity contribution in [1.82, 2.24) is 10.2 Å². The number of hydrogen-bond acceptors (Lipinski definition) is 7. The highest BCUT2D eigenvalue weighted by atomic mass is 32.2. The molecule has 1 aromatic heterocycles. The molecule has 0 spiro atoms. The van der Waals surface area contributed by atoms with Crippen molar-refractivity contribution in [3.63, 3.8) is 0 Å². The molecule has 0 atom stereocenters. The number of carbonyl (C=O) groups excluding carboxylic acids is 2. The first-order chi connectivity index (χ1) is 14.4. The van der Waals surface area contributed by atoms with E-state index >= 15 is 0 Å². The molecule has 2 N–H and O–H groups in total. The summed E-state index contributed by atoms with van der Waals surface area (Å²) in [6, 6.07) is 14.4. The van der Waals surface area contributed by atoms with E-state index in [1.165, 1.54) is 48.5 Å². The number of hydrogen-bond donors (Lipinski definition) is 2. The van der Waals surface area contributed by atoms with Crippen LogP contribution in [0.5, 0.6) is 0 Å². The van der Waals surface area contributed by atoms with Gasteiger partial charge in [-0.25, -0.2) is 4.39 Å². The second-order valence-corrected chi connectivity index (χ2v) is 6.80. The SMILES string of the molecule is O=C(CSc1ccc(NC(=O)c2ccccc2F)nn1)Nc1ccccc1[N+](=O)[O-]. The summed E-state index contributed by atoms with van der Waals surface area (Å²) in [5.41, 5.74) is -0.222. The van der Waals surface area contributed by atoms with E-state index in [1.807, 2.05) is 0 Å². The van der Waals surface area contributed by atoms with Crippen LogP contribution in [-0.2, 0) is 4.79 Å². The van der Waals surface area contributed by atoms with Gasteiger partial charge in [0.05, 0.1) is 16.2 Å². The summed E-state index contributed by atoms with van der Waals surface area (Å²) in [5, 5.41) is 24.0. The quantitative estimate of drug-likeness (QED) is 0.335. The van der Waals surface area contributed by atoms with E-state index in [-0.39, 0.29) is 28.5 Å². The van der Waals surface area contributed by atoms with Crippen LogP contribution in [0.1, 0.15) is 10.4 Å². The van der Waals surface area contributed by atoms with Crippen LogP contribution in [0.15, 0.2) is 65.7 Å². The summed E-state index contributed by atoms with van der Waals surface area (Å²) < 4.78 is 13.6. The average Bonchev–Trinajstić information content (AvgIpc) is 2.74. The van der Waals surface area contributed by atoms with Crippen molar-refractivity contribution >= 4 is 40.8 Å². The topological polar surface area (TPSA) is 127 Å². The number of rotatable bonds is 7. The largest absolute Gasteiger partial charge is 0.320 e. The van der Waals surface area contributed by atoms with Crippen molar-refractivity contribution < 1.29 is 18.9 Å². The number of benzene rings is 2. The molecule has 0 bridgehead atoms. The Morgan fingerprint density at radius 3 is 2.43 bits per heavy atom. The summed E-state index contributed by atoms with van der Waals surface area (Å²) >= 11 is 1.06. The van der Waals surface area contributed by atoms with E-state index in [2.05, 4.69) is 20.8 Å². The Kier molecular flexibility index (Phi) is 6.65. The molecule has 0 aliphatic rings. The monoisotopic (exact) mass is 427 g/mol. The first-order valence-corrected chi connectivity index (χ1v) is 9.48. The Balaban J connectivity index is 1.55. The number of nitro benzene ring substituents is 1. The molecule has 3 rings (SSSR count). The molecular weight excluding hydrogens is 413 g/mol. The Labute approximate surface area is 173 Å². The minimum absolute atomic E-state index is 0.0539. The van der Waals surface area contributed by atoms with Crippen LogP contribution >= 0.6 is 11.8 Å². The van der Waals surface area contributed by atoms with Gasteiger partial charge in [-0.1, -0.05) is 36.0 Å². The fourth-order valence-corrected chi connectivity index (χ4v) is 2.97. The zero-order valence-electron chi connectivity index (χ0n) is 15.2. The molecule has 0 unspecified atom stereocenters. The van der Waals surface area contributed by atoms with Crippen LogP contribution in [0.4, 0.5) is 21.6 Å². The number of nitro groups is 1. The molecule has 30 heavy (non-hydrogen) atoms. The fourth-order valence-electron chi connectivity index (χ4n) is 2.36. The zero-order chi connectivity index (χ0) is 21.5. The summed E-state index contributed by atoms with van der Waals surface area (Å²) in [4.78, 5) is 34.5. The van der Waals surface area contributed by atoms with Crippen LogP contribution in [-0.4, -0.2) is 32.7 Å². The minimum atomic E-state index is -0.661. The smallest absolute Gasteiger partial charge is 0.292 e. The minimum Gasteiger partial charge on any atom is -0.320 e. The molecule has 2 amide bonds. The molecule has 0 saturated heterocycles. The molecular formula is C19H14FN5O4S. The predicted molar refractivity (Wildman–Crippen MR) is 109 cm³/mol. The van der Waals surface area contributed by atoms with Crippen molar-refractivity contribution in [3.8, 4) is 0 Å². The molecule has 3 aromatic rings. The molecule has 0 aliphatic heterocycles. The Bertz CT molecular complexity index is 1090. The lowest BCUT2D eigenvalue weighted by Crippen LogP contribution is -2.16. The van der Waals surface area contributed by atoms with Gasteiger partial charge in [-0.15, -0.1) is 10.2 Å². The third-order valence-corrected chi connectivity index (χ3v) is 4.65. The first kappa shape index (κ1) is 20.9. The lowest BCUT2D eigenvalue weighted by Gasteiger charge is -2.06. The van der Waals surface area contributed by atoms with Gasteiger partial charge in [0.1, 0.15) is 16.5 Å². The second-order valence-electron chi connectivity index (χ2n) is 5.80. The van der Waals surface area contributed by atoms with Gasteiger partial charge in [0.2, 0.25) is 5.91 Å². The van der Waals surface area contributed by atoms with E-state index in [1.54, 1.807) is 12.1 Å². The molecule has 2 aromatic carbocycles. The second kappa shape index (κ2) is 9.56. The van der Waals surface area contributed by atoms with Crippen LogP contribution in [0.3, 0.4) is 0 Å². The van der Waals surface area contributed by atoms with Gasteiger partial charge in [0, 0.05) is 6.07 Å². The predicted octanol–water partition coefficient (Wildman–Crippen LogP) is 3.51.